The number of hydrogen-bond acceptors (Lipinski definition) is 4. The second kappa shape index (κ2) is 7.54. The number of hydrogen-bond donors (Lipinski definition) is 1. The van der Waals surface area contributed by atoms with Crippen molar-refractivity contribution in [3.8, 4) is 5.75 Å². The summed E-state index contributed by atoms with van der Waals surface area (Å²) in [4.78, 5) is 4.35. The Morgan fingerprint density at radius 3 is 2.61 bits per heavy atom. The number of benzene rings is 1. The van der Waals surface area contributed by atoms with Gasteiger partial charge in [-0.3, -0.25) is 4.99 Å². The fraction of sp³-hybridized carbons (Fsp3) is 0.462. The van der Waals surface area contributed by atoms with Gasteiger partial charge in [0.15, 0.2) is 5.17 Å². The largest absolute Gasteiger partial charge is 0.493 e. The van der Waals surface area contributed by atoms with Gasteiger partial charge >= 0.3 is 0 Å². The Balaban J connectivity index is 0.00000162. The monoisotopic (exact) mass is 286 g/mol. The Labute approximate surface area is 119 Å². The average molecular weight is 287 g/mol. The molecule has 100 valence electrons. The van der Waals surface area contributed by atoms with E-state index in [-0.39, 0.29) is 12.4 Å². The molecule has 0 radical (unpaired) electrons. The van der Waals surface area contributed by atoms with Gasteiger partial charge in [0.2, 0.25) is 0 Å². The van der Waals surface area contributed by atoms with Crippen molar-refractivity contribution >= 4 is 35.0 Å². The predicted octanol–water partition coefficient (Wildman–Crippen LogP) is 3.66. The summed E-state index contributed by atoms with van der Waals surface area (Å²) in [6.45, 7) is 5.97. The number of anilines is 1. The number of nitrogens with one attached hydrogen (secondary N) is 1. The van der Waals surface area contributed by atoms with Gasteiger partial charge in [0.05, 0.1) is 13.2 Å². The van der Waals surface area contributed by atoms with Gasteiger partial charge in [0, 0.05) is 11.4 Å². The molecule has 0 unspecified atom stereocenters. The van der Waals surface area contributed by atoms with Gasteiger partial charge in [0.25, 0.3) is 0 Å². The van der Waals surface area contributed by atoms with Gasteiger partial charge in [-0.2, -0.15) is 0 Å². The Kier molecular flexibility index (Phi) is 6.36. The standard InChI is InChI=1S/C13H18N2OS.ClH/c1-10(2)9-16-12-5-3-11(4-6-12)15-13-14-7-8-17-13;/h3-6,10H,7-9H2,1-2H3,(H,14,15);1H. The molecule has 5 heteroatoms. The zero-order chi connectivity index (χ0) is 12.1. The van der Waals surface area contributed by atoms with E-state index in [4.69, 9.17) is 4.74 Å². The van der Waals surface area contributed by atoms with E-state index in [2.05, 4.69) is 24.2 Å². The molecule has 1 aliphatic rings. The van der Waals surface area contributed by atoms with Crippen molar-refractivity contribution in [1.82, 2.24) is 0 Å². The smallest absolute Gasteiger partial charge is 0.161 e. The van der Waals surface area contributed by atoms with Crippen LogP contribution in [0.4, 0.5) is 5.69 Å². The number of halogens is 1. The second-order valence-electron chi connectivity index (χ2n) is 4.39. The molecule has 0 bridgehead atoms. The highest BCUT2D eigenvalue weighted by atomic mass is 35.5. The van der Waals surface area contributed by atoms with Crippen molar-refractivity contribution in [2.75, 3.05) is 24.2 Å². The van der Waals surface area contributed by atoms with Crippen LogP contribution in [0.15, 0.2) is 29.3 Å². The van der Waals surface area contributed by atoms with Crippen molar-refractivity contribution in [2.45, 2.75) is 13.8 Å². The predicted molar refractivity (Wildman–Crippen MR) is 82.4 cm³/mol. The van der Waals surface area contributed by atoms with E-state index in [1.165, 1.54) is 0 Å². The minimum Gasteiger partial charge on any atom is -0.493 e. The second-order valence-corrected chi connectivity index (χ2v) is 5.47. The average Bonchev–Trinajstić information content (AvgIpc) is 2.81. The molecule has 0 spiro atoms. The molecular weight excluding hydrogens is 268 g/mol. The van der Waals surface area contributed by atoms with Crippen LogP contribution in [-0.2, 0) is 0 Å². The first kappa shape index (κ1) is 15.2. The third kappa shape index (κ3) is 4.78. The molecule has 2 rings (SSSR count). The Hall–Kier alpha value is -0.870. The molecular formula is C13H19ClN2OS. The maximum absolute atomic E-state index is 5.63. The Morgan fingerprint density at radius 2 is 2.06 bits per heavy atom. The molecule has 0 aromatic heterocycles. The Bertz CT molecular complexity index is 392. The number of rotatable bonds is 4. The van der Waals surface area contributed by atoms with Crippen LogP contribution in [-0.4, -0.2) is 24.1 Å². The lowest BCUT2D eigenvalue weighted by atomic mass is 10.2. The van der Waals surface area contributed by atoms with Crippen molar-refractivity contribution in [3.05, 3.63) is 24.3 Å². The van der Waals surface area contributed by atoms with Crippen LogP contribution >= 0.6 is 24.2 Å². The number of thioether (sulfide) groups is 1. The van der Waals surface area contributed by atoms with Crippen LogP contribution < -0.4 is 10.1 Å². The summed E-state index contributed by atoms with van der Waals surface area (Å²) in [6.07, 6.45) is 0. The van der Waals surface area contributed by atoms with E-state index in [0.29, 0.717) is 5.92 Å². The molecule has 1 heterocycles. The van der Waals surface area contributed by atoms with Gasteiger partial charge in [-0.25, -0.2) is 0 Å². The van der Waals surface area contributed by atoms with Crippen molar-refractivity contribution < 1.29 is 4.74 Å². The van der Waals surface area contributed by atoms with Crippen molar-refractivity contribution in [1.29, 1.82) is 0 Å². The maximum atomic E-state index is 5.63. The SMILES string of the molecule is CC(C)COc1ccc(NC2=NCCS2)cc1.Cl. The van der Waals surface area contributed by atoms with Gasteiger partial charge in [0.1, 0.15) is 5.75 Å². The van der Waals surface area contributed by atoms with Gasteiger partial charge < -0.3 is 10.1 Å². The summed E-state index contributed by atoms with van der Waals surface area (Å²) in [5, 5.41) is 4.31. The molecule has 3 nitrogen and oxygen atoms in total. The van der Waals surface area contributed by atoms with E-state index in [1.54, 1.807) is 11.8 Å². The number of aliphatic imine (C=N–C) groups is 1. The maximum Gasteiger partial charge on any atom is 0.161 e. The highest BCUT2D eigenvalue weighted by Crippen LogP contribution is 2.19. The zero-order valence-corrected chi connectivity index (χ0v) is 12.3. The molecule has 1 N–H and O–H groups in total. The molecule has 0 atom stereocenters. The highest BCUT2D eigenvalue weighted by molar-refractivity contribution is 8.14. The van der Waals surface area contributed by atoms with E-state index in [0.717, 1.165) is 35.5 Å². The summed E-state index contributed by atoms with van der Waals surface area (Å²) in [7, 11) is 0. The summed E-state index contributed by atoms with van der Waals surface area (Å²) in [5.74, 6) is 2.56. The fourth-order valence-corrected chi connectivity index (χ4v) is 2.18. The van der Waals surface area contributed by atoms with E-state index in [9.17, 15) is 0 Å². The van der Waals surface area contributed by atoms with Crippen LogP contribution in [0, 0.1) is 5.92 Å². The third-order valence-corrected chi connectivity index (χ3v) is 3.17. The molecule has 1 aromatic rings. The minimum absolute atomic E-state index is 0. The van der Waals surface area contributed by atoms with Crippen LogP contribution in [0.2, 0.25) is 0 Å². The zero-order valence-electron chi connectivity index (χ0n) is 10.7. The Morgan fingerprint density at radius 1 is 1.33 bits per heavy atom. The molecule has 0 saturated heterocycles. The lowest BCUT2D eigenvalue weighted by molar-refractivity contribution is 0.271. The van der Waals surface area contributed by atoms with E-state index in [1.807, 2.05) is 24.3 Å². The van der Waals surface area contributed by atoms with Gasteiger partial charge in [-0.05, 0) is 30.2 Å². The number of ether oxygens (including phenoxy) is 1. The van der Waals surface area contributed by atoms with Crippen LogP contribution in [0.5, 0.6) is 5.75 Å². The van der Waals surface area contributed by atoms with Crippen molar-refractivity contribution in [3.63, 3.8) is 0 Å². The highest BCUT2D eigenvalue weighted by Gasteiger charge is 2.06. The van der Waals surface area contributed by atoms with E-state index >= 15 is 0 Å². The molecule has 0 aliphatic carbocycles. The summed E-state index contributed by atoms with van der Waals surface area (Å²) in [6, 6.07) is 8.03. The van der Waals surface area contributed by atoms with Gasteiger partial charge in [-0.1, -0.05) is 25.6 Å². The minimum atomic E-state index is 0. The topological polar surface area (TPSA) is 33.6 Å². The normalized spacial score (nSPS) is 14.1. The van der Waals surface area contributed by atoms with E-state index < -0.39 is 0 Å². The van der Waals surface area contributed by atoms with Crippen LogP contribution in [0.25, 0.3) is 0 Å². The summed E-state index contributed by atoms with van der Waals surface area (Å²) in [5.41, 5.74) is 1.06. The molecule has 0 saturated carbocycles. The molecule has 18 heavy (non-hydrogen) atoms. The van der Waals surface area contributed by atoms with Gasteiger partial charge in [-0.15, -0.1) is 12.4 Å². The number of nitrogens with zero attached hydrogens (tertiary/aromatic N) is 1. The lowest BCUT2D eigenvalue weighted by Crippen LogP contribution is -2.06. The summed E-state index contributed by atoms with van der Waals surface area (Å²) < 4.78 is 5.63. The van der Waals surface area contributed by atoms with Crippen LogP contribution in [0.1, 0.15) is 13.8 Å². The van der Waals surface area contributed by atoms with Crippen LogP contribution in [0.3, 0.4) is 0 Å². The molecule has 0 fully saturated rings. The first-order chi connectivity index (χ1) is 8.24. The first-order valence-electron chi connectivity index (χ1n) is 5.91. The summed E-state index contributed by atoms with van der Waals surface area (Å²) >= 11 is 1.76. The third-order valence-electron chi connectivity index (χ3n) is 2.27. The number of amidine groups is 1. The molecule has 1 aliphatic heterocycles. The molecule has 1 aromatic carbocycles. The molecule has 0 amide bonds. The lowest BCUT2D eigenvalue weighted by Gasteiger charge is -2.10. The van der Waals surface area contributed by atoms with Crippen molar-refractivity contribution in [2.24, 2.45) is 10.9 Å². The fourth-order valence-electron chi connectivity index (χ4n) is 1.43. The quantitative estimate of drug-likeness (QED) is 0.917. The first-order valence-corrected chi connectivity index (χ1v) is 6.90.